The molecule has 0 spiro atoms. The topological polar surface area (TPSA) is 29.3 Å². The number of nitrogens with zero attached hydrogens (tertiary/aromatic N) is 1. The summed E-state index contributed by atoms with van der Waals surface area (Å²) in [5.74, 6) is 2.54. The summed E-state index contributed by atoms with van der Waals surface area (Å²) in [6.45, 7) is 5.75. The van der Waals surface area contributed by atoms with Crippen molar-refractivity contribution < 1.29 is 0 Å². The van der Waals surface area contributed by atoms with Crippen molar-refractivity contribution >= 4 is 0 Å². The third-order valence-corrected chi connectivity index (χ3v) is 5.60. The molecule has 2 nitrogen and oxygen atoms in total. The molecule has 0 saturated heterocycles. The summed E-state index contributed by atoms with van der Waals surface area (Å²) < 4.78 is 0. The van der Waals surface area contributed by atoms with Gasteiger partial charge in [-0.1, -0.05) is 26.7 Å². The van der Waals surface area contributed by atoms with Crippen LogP contribution in [0.1, 0.15) is 58.8 Å². The maximum atomic E-state index is 5.99. The molecular formula is C16H32N2. The van der Waals surface area contributed by atoms with Crippen molar-refractivity contribution in [3.8, 4) is 0 Å². The molecule has 2 aliphatic carbocycles. The summed E-state index contributed by atoms with van der Waals surface area (Å²) in [4.78, 5) is 2.72. The van der Waals surface area contributed by atoms with Crippen LogP contribution in [0.25, 0.3) is 0 Å². The van der Waals surface area contributed by atoms with Crippen molar-refractivity contribution in [2.45, 2.75) is 70.9 Å². The Morgan fingerprint density at radius 3 is 2.39 bits per heavy atom. The van der Waals surface area contributed by atoms with Crippen LogP contribution in [-0.4, -0.2) is 30.6 Å². The van der Waals surface area contributed by atoms with E-state index in [9.17, 15) is 0 Å². The quantitative estimate of drug-likeness (QED) is 0.835. The van der Waals surface area contributed by atoms with Crippen LogP contribution in [0, 0.1) is 17.8 Å². The highest BCUT2D eigenvalue weighted by Gasteiger charge is 2.35. The van der Waals surface area contributed by atoms with Crippen molar-refractivity contribution in [3.63, 3.8) is 0 Å². The molecule has 0 bridgehead atoms. The van der Waals surface area contributed by atoms with E-state index in [2.05, 4.69) is 25.8 Å². The zero-order chi connectivity index (χ0) is 13.1. The van der Waals surface area contributed by atoms with Crippen LogP contribution < -0.4 is 5.73 Å². The zero-order valence-electron chi connectivity index (χ0n) is 12.6. The van der Waals surface area contributed by atoms with Gasteiger partial charge in [0.05, 0.1) is 0 Å². The fourth-order valence-corrected chi connectivity index (χ4v) is 4.50. The smallest absolute Gasteiger partial charge is 0.0135 e. The molecule has 0 aliphatic heterocycles. The van der Waals surface area contributed by atoms with Gasteiger partial charge in [0.1, 0.15) is 0 Å². The van der Waals surface area contributed by atoms with Crippen LogP contribution in [0.5, 0.6) is 0 Å². The van der Waals surface area contributed by atoms with Crippen LogP contribution in [0.4, 0.5) is 0 Å². The minimum absolute atomic E-state index is 0.746. The molecule has 5 unspecified atom stereocenters. The minimum Gasteiger partial charge on any atom is -0.330 e. The first-order valence-corrected chi connectivity index (χ1v) is 8.05. The zero-order valence-corrected chi connectivity index (χ0v) is 12.6. The highest BCUT2D eigenvalue weighted by molar-refractivity contribution is 4.89. The van der Waals surface area contributed by atoms with Crippen molar-refractivity contribution in [1.29, 1.82) is 0 Å². The Balaban J connectivity index is 1.98. The molecule has 106 valence electrons. The van der Waals surface area contributed by atoms with Crippen LogP contribution in [0.2, 0.25) is 0 Å². The van der Waals surface area contributed by atoms with E-state index < -0.39 is 0 Å². The van der Waals surface area contributed by atoms with Gasteiger partial charge in [-0.05, 0) is 63.5 Å². The Bertz CT molecular complexity index is 253. The normalized spacial score (nSPS) is 42.2. The molecule has 2 aliphatic rings. The lowest BCUT2D eigenvalue weighted by Gasteiger charge is -2.46. The molecule has 0 aromatic heterocycles. The molecule has 2 fully saturated rings. The molecule has 0 radical (unpaired) electrons. The van der Waals surface area contributed by atoms with Crippen molar-refractivity contribution in [2.75, 3.05) is 13.6 Å². The monoisotopic (exact) mass is 252 g/mol. The lowest BCUT2D eigenvalue weighted by molar-refractivity contribution is 0.0386. The van der Waals surface area contributed by atoms with Gasteiger partial charge < -0.3 is 5.73 Å². The summed E-state index contributed by atoms with van der Waals surface area (Å²) in [5, 5.41) is 0. The highest BCUT2D eigenvalue weighted by atomic mass is 15.2. The van der Waals surface area contributed by atoms with Crippen LogP contribution >= 0.6 is 0 Å². The lowest BCUT2D eigenvalue weighted by atomic mass is 9.76. The molecule has 2 heteroatoms. The first-order valence-electron chi connectivity index (χ1n) is 8.05. The first kappa shape index (κ1) is 14.3. The lowest BCUT2D eigenvalue weighted by Crippen LogP contribution is -2.51. The van der Waals surface area contributed by atoms with Gasteiger partial charge in [0.25, 0.3) is 0 Å². The Kier molecular flexibility index (Phi) is 5.08. The Morgan fingerprint density at radius 2 is 1.72 bits per heavy atom. The number of rotatable bonds is 3. The van der Waals surface area contributed by atoms with Gasteiger partial charge in [-0.2, -0.15) is 0 Å². The minimum atomic E-state index is 0.746. The van der Waals surface area contributed by atoms with Gasteiger partial charge in [0.15, 0.2) is 0 Å². The van der Waals surface area contributed by atoms with Crippen molar-refractivity contribution in [1.82, 2.24) is 4.90 Å². The van der Waals surface area contributed by atoms with Gasteiger partial charge in [-0.15, -0.1) is 0 Å². The van der Waals surface area contributed by atoms with Gasteiger partial charge in [-0.3, -0.25) is 4.90 Å². The number of hydrogen-bond acceptors (Lipinski definition) is 2. The van der Waals surface area contributed by atoms with Gasteiger partial charge in [0.2, 0.25) is 0 Å². The van der Waals surface area contributed by atoms with E-state index in [1.165, 1.54) is 44.9 Å². The molecule has 0 aromatic rings. The summed E-state index contributed by atoms with van der Waals surface area (Å²) in [6, 6.07) is 1.56. The second-order valence-corrected chi connectivity index (χ2v) is 6.98. The Morgan fingerprint density at radius 1 is 1.00 bits per heavy atom. The number of nitrogens with two attached hydrogens (primary N) is 1. The highest BCUT2D eigenvalue weighted by Crippen LogP contribution is 2.36. The third-order valence-electron chi connectivity index (χ3n) is 5.60. The summed E-state index contributed by atoms with van der Waals surface area (Å²) in [5.41, 5.74) is 5.99. The van der Waals surface area contributed by atoms with E-state index in [4.69, 9.17) is 5.73 Å². The predicted octanol–water partition coefficient (Wildman–Crippen LogP) is 3.26. The largest absolute Gasteiger partial charge is 0.330 e. The molecule has 0 amide bonds. The van der Waals surface area contributed by atoms with Gasteiger partial charge in [0, 0.05) is 12.1 Å². The second kappa shape index (κ2) is 6.38. The van der Waals surface area contributed by atoms with E-state index in [-0.39, 0.29) is 0 Å². The molecule has 2 saturated carbocycles. The summed E-state index contributed by atoms with van der Waals surface area (Å²) in [6.07, 6.45) is 9.74. The predicted molar refractivity (Wildman–Crippen MR) is 78.5 cm³/mol. The Labute approximate surface area is 113 Å². The van der Waals surface area contributed by atoms with E-state index in [0.29, 0.717) is 0 Å². The van der Waals surface area contributed by atoms with Crippen molar-refractivity contribution in [2.24, 2.45) is 23.5 Å². The molecule has 2 rings (SSSR count). The van der Waals surface area contributed by atoms with Gasteiger partial charge in [-0.25, -0.2) is 0 Å². The fraction of sp³-hybridized carbons (Fsp3) is 1.00. The van der Waals surface area contributed by atoms with E-state index in [1.54, 1.807) is 0 Å². The second-order valence-electron chi connectivity index (χ2n) is 6.98. The SMILES string of the molecule is CC1CCC(N(C)C2CCCCC2CN)C(C)C1. The fourth-order valence-electron chi connectivity index (χ4n) is 4.50. The first-order chi connectivity index (χ1) is 8.63. The van der Waals surface area contributed by atoms with E-state index in [1.807, 2.05) is 0 Å². The average molecular weight is 252 g/mol. The maximum absolute atomic E-state index is 5.99. The van der Waals surface area contributed by atoms with Crippen LogP contribution in [-0.2, 0) is 0 Å². The summed E-state index contributed by atoms with van der Waals surface area (Å²) >= 11 is 0. The standard InChI is InChI=1S/C16H32N2/c1-12-8-9-15(13(2)10-12)18(3)16-7-5-4-6-14(16)11-17/h12-16H,4-11,17H2,1-3H3. The molecule has 0 heterocycles. The van der Waals surface area contributed by atoms with Gasteiger partial charge >= 0.3 is 0 Å². The molecular weight excluding hydrogens is 220 g/mol. The van der Waals surface area contributed by atoms with E-state index in [0.717, 1.165) is 36.4 Å². The molecule has 18 heavy (non-hydrogen) atoms. The Hall–Kier alpha value is -0.0800. The molecule has 0 aromatic carbocycles. The maximum Gasteiger partial charge on any atom is 0.0135 e. The molecule has 2 N–H and O–H groups in total. The van der Waals surface area contributed by atoms with E-state index >= 15 is 0 Å². The average Bonchev–Trinajstić information content (AvgIpc) is 2.38. The molecule has 5 atom stereocenters. The summed E-state index contributed by atoms with van der Waals surface area (Å²) in [7, 11) is 2.37. The number of hydrogen-bond donors (Lipinski definition) is 1. The van der Waals surface area contributed by atoms with Crippen LogP contribution in [0.3, 0.4) is 0 Å². The third kappa shape index (κ3) is 3.08. The van der Waals surface area contributed by atoms with Crippen molar-refractivity contribution in [3.05, 3.63) is 0 Å². The van der Waals surface area contributed by atoms with Crippen LogP contribution in [0.15, 0.2) is 0 Å².